The molecule has 21 heavy (non-hydrogen) atoms. The molecule has 0 unspecified atom stereocenters. The Labute approximate surface area is 122 Å². The number of nitrogens with one attached hydrogen (secondary N) is 1. The normalized spacial score (nSPS) is 10.1. The number of nitrogens with zero attached hydrogens (tertiary/aromatic N) is 1. The summed E-state index contributed by atoms with van der Waals surface area (Å²) in [5.41, 5.74) is 1.30. The second kappa shape index (κ2) is 6.78. The van der Waals surface area contributed by atoms with E-state index in [-0.39, 0.29) is 5.75 Å². The summed E-state index contributed by atoms with van der Waals surface area (Å²) >= 11 is 0. The van der Waals surface area contributed by atoms with E-state index in [2.05, 4.69) is 10.3 Å². The molecule has 0 aliphatic rings. The van der Waals surface area contributed by atoms with Crippen LogP contribution in [0.1, 0.15) is 5.69 Å². The lowest BCUT2D eigenvalue weighted by atomic mass is 10.2. The molecule has 0 radical (unpaired) electrons. The van der Waals surface area contributed by atoms with E-state index in [4.69, 9.17) is 14.2 Å². The van der Waals surface area contributed by atoms with Crippen molar-refractivity contribution in [2.45, 2.75) is 6.54 Å². The number of hydrogen-bond donors (Lipinski definition) is 1. The average Bonchev–Trinajstić information content (AvgIpc) is 2.52. The first kappa shape index (κ1) is 14.9. The van der Waals surface area contributed by atoms with Crippen molar-refractivity contribution in [3.63, 3.8) is 0 Å². The molecule has 2 aromatic rings. The van der Waals surface area contributed by atoms with Crippen LogP contribution in [0.2, 0.25) is 0 Å². The Morgan fingerprint density at radius 2 is 1.81 bits per heavy atom. The summed E-state index contributed by atoms with van der Waals surface area (Å²) in [6, 6.07) is 6.38. The number of halogens is 1. The molecule has 112 valence electrons. The lowest BCUT2D eigenvalue weighted by molar-refractivity contribution is 0.350. The first-order valence-corrected chi connectivity index (χ1v) is 6.33. The monoisotopic (exact) mass is 292 g/mol. The zero-order valence-electron chi connectivity index (χ0n) is 12.1. The topological polar surface area (TPSA) is 52.6 Å². The Hall–Kier alpha value is -2.50. The molecular weight excluding hydrogens is 275 g/mol. The minimum atomic E-state index is -0.423. The SMILES string of the molecule is COc1ccc(NCc2nccc(OC)c2OC)cc1F. The number of pyridine rings is 1. The number of rotatable bonds is 6. The van der Waals surface area contributed by atoms with Gasteiger partial charge in [-0.25, -0.2) is 4.39 Å². The van der Waals surface area contributed by atoms with Gasteiger partial charge in [0.05, 0.1) is 27.9 Å². The highest BCUT2D eigenvalue weighted by molar-refractivity contribution is 5.49. The zero-order chi connectivity index (χ0) is 15.2. The van der Waals surface area contributed by atoms with Crippen LogP contribution >= 0.6 is 0 Å². The van der Waals surface area contributed by atoms with E-state index in [0.29, 0.717) is 29.4 Å². The molecule has 1 aromatic heterocycles. The van der Waals surface area contributed by atoms with E-state index in [9.17, 15) is 4.39 Å². The Morgan fingerprint density at radius 3 is 2.43 bits per heavy atom. The standard InChI is InChI=1S/C15H17FN2O3/c1-19-13-5-4-10(8-11(13)16)18-9-12-15(21-3)14(20-2)6-7-17-12/h4-8,18H,9H2,1-3H3. The molecule has 0 atom stereocenters. The van der Waals surface area contributed by atoms with E-state index >= 15 is 0 Å². The maximum absolute atomic E-state index is 13.6. The van der Waals surface area contributed by atoms with Gasteiger partial charge in [-0.1, -0.05) is 0 Å². The Bertz CT molecular complexity index is 620. The van der Waals surface area contributed by atoms with Crippen LogP contribution in [-0.4, -0.2) is 26.3 Å². The van der Waals surface area contributed by atoms with Crippen LogP contribution in [-0.2, 0) is 6.54 Å². The lowest BCUT2D eigenvalue weighted by Gasteiger charge is -2.13. The molecule has 1 heterocycles. The van der Waals surface area contributed by atoms with E-state index in [1.54, 1.807) is 38.6 Å². The molecule has 1 N–H and O–H groups in total. The molecule has 0 fully saturated rings. The number of methoxy groups -OCH3 is 3. The van der Waals surface area contributed by atoms with Crippen molar-refractivity contribution in [2.75, 3.05) is 26.6 Å². The van der Waals surface area contributed by atoms with Gasteiger partial charge in [-0.3, -0.25) is 4.98 Å². The molecule has 0 aliphatic heterocycles. The van der Waals surface area contributed by atoms with E-state index in [1.165, 1.54) is 13.2 Å². The molecule has 6 heteroatoms. The fourth-order valence-corrected chi connectivity index (χ4v) is 1.94. The summed E-state index contributed by atoms with van der Waals surface area (Å²) in [6.07, 6.45) is 1.63. The summed E-state index contributed by atoms with van der Waals surface area (Å²) in [5, 5.41) is 3.09. The van der Waals surface area contributed by atoms with Crippen molar-refractivity contribution in [2.24, 2.45) is 0 Å². The highest BCUT2D eigenvalue weighted by atomic mass is 19.1. The van der Waals surface area contributed by atoms with Gasteiger partial charge in [0.1, 0.15) is 5.69 Å². The third-order valence-corrected chi connectivity index (χ3v) is 2.98. The van der Waals surface area contributed by atoms with Gasteiger partial charge >= 0.3 is 0 Å². The van der Waals surface area contributed by atoms with Gasteiger partial charge in [-0.2, -0.15) is 0 Å². The number of ether oxygens (including phenoxy) is 3. The van der Waals surface area contributed by atoms with Gasteiger partial charge in [0.25, 0.3) is 0 Å². The van der Waals surface area contributed by atoms with Crippen molar-refractivity contribution in [3.05, 3.63) is 42.0 Å². The van der Waals surface area contributed by atoms with Crippen molar-refractivity contribution in [3.8, 4) is 17.2 Å². The fraction of sp³-hybridized carbons (Fsp3) is 0.267. The summed E-state index contributed by atoms with van der Waals surface area (Å²) in [5.74, 6) is 0.942. The maximum Gasteiger partial charge on any atom is 0.184 e. The number of hydrogen-bond acceptors (Lipinski definition) is 5. The Balaban J connectivity index is 2.15. The number of benzene rings is 1. The highest BCUT2D eigenvalue weighted by Crippen LogP contribution is 2.29. The molecule has 0 amide bonds. The van der Waals surface area contributed by atoms with Crippen LogP contribution in [0.25, 0.3) is 0 Å². The Kier molecular flexibility index (Phi) is 4.81. The maximum atomic E-state index is 13.6. The number of aromatic nitrogens is 1. The molecule has 1 aromatic carbocycles. The van der Waals surface area contributed by atoms with Gasteiger partial charge in [0.15, 0.2) is 23.1 Å². The first-order valence-electron chi connectivity index (χ1n) is 6.33. The van der Waals surface area contributed by atoms with Crippen molar-refractivity contribution >= 4 is 5.69 Å². The average molecular weight is 292 g/mol. The van der Waals surface area contributed by atoms with Gasteiger partial charge in [-0.15, -0.1) is 0 Å². The minimum Gasteiger partial charge on any atom is -0.494 e. The van der Waals surface area contributed by atoms with Gasteiger partial charge < -0.3 is 19.5 Å². The molecule has 0 saturated carbocycles. The van der Waals surface area contributed by atoms with E-state index < -0.39 is 5.82 Å². The van der Waals surface area contributed by atoms with Crippen LogP contribution in [0.15, 0.2) is 30.5 Å². The summed E-state index contributed by atoms with van der Waals surface area (Å²) in [4.78, 5) is 4.24. The summed E-state index contributed by atoms with van der Waals surface area (Å²) in [6.45, 7) is 0.381. The molecule has 5 nitrogen and oxygen atoms in total. The Morgan fingerprint density at radius 1 is 1.05 bits per heavy atom. The third kappa shape index (κ3) is 3.34. The van der Waals surface area contributed by atoms with Crippen LogP contribution in [0.5, 0.6) is 17.2 Å². The van der Waals surface area contributed by atoms with Crippen molar-refractivity contribution in [1.29, 1.82) is 0 Å². The molecule has 0 bridgehead atoms. The van der Waals surface area contributed by atoms with Crippen molar-refractivity contribution < 1.29 is 18.6 Å². The van der Waals surface area contributed by atoms with Gasteiger partial charge in [0, 0.05) is 24.0 Å². The molecule has 0 aliphatic carbocycles. The second-order valence-electron chi connectivity index (χ2n) is 4.20. The lowest BCUT2D eigenvalue weighted by Crippen LogP contribution is -2.05. The molecular formula is C15H17FN2O3. The third-order valence-electron chi connectivity index (χ3n) is 2.98. The quantitative estimate of drug-likeness (QED) is 0.887. The molecule has 2 rings (SSSR count). The zero-order valence-corrected chi connectivity index (χ0v) is 12.1. The highest BCUT2D eigenvalue weighted by Gasteiger charge is 2.11. The fourth-order valence-electron chi connectivity index (χ4n) is 1.94. The minimum absolute atomic E-state index is 0.206. The number of anilines is 1. The van der Waals surface area contributed by atoms with E-state index in [1.807, 2.05) is 0 Å². The van der Waals surface area contributed by atoms with Crippen LogP contribution in [0.4, 0.5) is 10.1 Å². The van der Waals surface area contributed by atoms with E-state index in [0.717, 1.165) is 0 Å². The van der Waals surface area contributed by atoms with Gasteiger partial charge in [-0.05, 0) is 12.1 Å². The molecule has 0 saturated heterocycles. The largest absolute Gasteiger partial charge is 0.494 e. The van der Waals surface area contributed by atoms with Crippen LogP contribution in [0.3, 0.4) is 0 Å². The summed E-state index contributed by atoms with van der Waals surface area (Å²) < 4.78 is 29.0. The van der Waals surface area contributed by atoms with Crippen molar-refractivity contribution in [1.82, 2.24) is 4.98 Å². The smallest absolute Gasteiger partial charge is 0.184 e. The first-order chi connectivity index (χ1) is 10.2. The van der Waals surface area contributed by atoms with Gasteiger partial charge in [0.2, 0.25) is 0 Å². The van der Waals surface area contributed by atoms with Crippen LogP contribution in [0, 0.1) is 5.82 Å². The predicted octanol–water partition coefficient (Wildman–Crippen LogP) is 2.86. The second-order valence-corrected chi connectivity index (χ2v) is 4.20. The van der Waals surface area contributed by atoms with Crippen LogP contribution < -0.4 is 19.5 Å². The predicted molar refractivity (Wildman–Crippen MR) is 77.6 cm³/mol. The molecule has 0 spiro atoms. The summed E-state index contributed by atoms with van der Waals surface area (Å²) in [7, 11) is 4.54.